The van der Waals surface area contributed by atoms with Crippen LogP contribution in [0.4, 0.5) is 13.2 Å². The normalized spacial score (nSPS) is 12.7. The van der Waals surface area contributed by atoms with Crippen molar-refractivity contribution < 1.29 is 27.8 Å². The first-order valence-corrected chi connectivity index (χ1v) is 7.33. The summed E-state index contributed by atoms with van der Waals surface area (Å²) >= 11 is 0. The van der Waals surface area contributed by atoms with Gasteiger partial charge >= 0.3 is 12.1 Å². The van der Waals surface area contributed by atoms with Crippen LogP contribution in [0.1, 0.15) is 29.0 Å². The van der Waals surface area contributed by atoms with Gasteiger partial charge < -0.3 is 9.84 Å². The lowest BCUT2D eigenvalue weighted by Crippen LogP contribution is -2.23. The molecule has 2 rings (SSSR count). The smallest absolute Gasteiger partial charge is 0.396 e. The summed E-state index contributed by atoms with van der Waals surface area (Å²) < 4.78 is 44.5. The van der Waals surface area contributed by atoms with E-state index in [2.05, 4.69) is 0 Å². The minimum absolute atomic E-state index is 0.0897. The predicted octanol–water partition coefficient (Wildman–Crippen LogP) is 4.69. The third-order valence-electron chi connectivity index (χ3n) is 3.71. The van der Waals surface area contributed by atoms with Gasteiger partial charge in [-0.1, -0.05) is 36.4 Å². The van der Waals surface area contributed by atoms with E-state index in [4.69, 9.17) is 9.84 Å². The number of carboxylic acid groups (broad SMARTS) is 1. The SMILES string of the molecule is Cc1ccccc1COc1ccc(C(CC(=O)O)C(F)(F)F)cc1. The molecule has 1 N–H and O–H groups in total. The second-order valence-electron chi connectivity index (χ2n) is 5.48. The first-order chi connectivity index (χ1) is 11.3. The van der Waals surface area contributed by atoms with E-state index in [0.29, 0.717) is 12.4 Å². The molecule has 2 aromatic carbocycles. The Morgan fingerprint density at radius 2 is 1.75 bits per heavy atom. The molecule has 0 spiro atoms. The summed E-state index contributed by atoms with van der Waals surface area (Å²) in [5.41, 5.74) is 1.96. The molecule has 0 aromatic heterocycles. The van der Waals surface area contributed by atoms with Crippen LogP contribution in [0.3, 0.4) is 0 Å². The van der Waals surface area contributed by atoms with Crippen molar-refractivity contribution in [3.8, 4) is 5.75 Å². The molecule has 0 saturated heterocycles. The Balaban J connectivity index is 2.09. The van der Waals surface area contributed by atoms with Crippen LogP contribution in [0.15, 0.2) is 48.5 Å². The predicted molar refractivity (Wildman–Crippen MR) is 83.0 cm³/mol. The van der Waals surface area contributed by atoms with Gasteiger partial charge in [0.25, 0.3) is 0 Å². The van der Waals surface area contributed by atoms with Gasteiger partial charge in [0.15, 0.2) is 0 Å². The lowest BCUT2D eigenvalue weighted by Gasteiger charge is -2.19. The number of benzene rings is 2. The van der Waals surface area contributed by atoms with Gasteiger partial charge in [-0.3, -0.25) is 4.79 Å². The maximum Gasteiger partial charge on any atom is 0.396 e. The average Bonchev–Trinajstić information content (AvgIpc) is 2.51. The molecule has 0 saturated carbocycles. The highest BCUT2D eigenvalue weighted by Crippen LogP contribution is 2.37. The van der Waals surface area contributed by atoms with E-state index < -0.39 is 24.5 Å². The quantitative estimate of drug-likeness (QED) is 0.831. The first kappa shape index (κ1) is 17.8. The van der Waals surface area contributed by atoms with Crippen LogP contribution in [0.2, 0.25) is 0 Å². The number of alkyl halides is 3. The summed E-state index contributed by atoms with van der Waals surface area (Å²) in [5.74, 6) is -3.09. The van der Waals surface area contributed by atoms with E-state index in [-0.39, 0.29) is 5.56 Å². The first-order valence-electron chi connectivity index (χ1n) is 7.33. The molecule has 3 nitrogen and oxygen atoms in total. The minimum atomic E-state index is -4.61. The van der Waals surface area contributed by atoms with Crippen molar-refractivity contribution in [3.05, 3.63) is 65.2 Å². The van der Waals surface area contributed by atoms with E-state index in [1.165, 1.54) is 24.3 Å². The summed E-state index contributed by atoms with van der Waals surface area (Å²) in [6.45, 7) is 2.26. The molecule has 0 bridgehead atoms. The highest BCUT2D eigenvalue weighted by molar-refractivity contribution is 5.68. The fraction of sp³-hybridized carbons (Fsp3) is 0.278. The van der Waals surface area contributed by atoms with Crippen molar-refractivity contribution in [3.63, 3.8) is 0 Å². The zero-order chi connectivity index (χ0) is 17.7. The maximum atomic E-state index is 13.0. The van der Waals surface area contributed by atoms with Crippen LogP contribution in [0.25, 0.3) is 0 Å². The molecule has 0 aliphatic rings. The van der Waals surface area contributed by atoms with Gasteiger partial charge in [0.05, 0.1) is 12.3 Å². The number of carboxylic acids is 1. The molecule has 0 radical (unpaired) electrons. The highest BCUT2D eigenvalue weighted by Gasteiger charge is 2.41. The molecule has 0 aliphatic heterocycles. The molecule has 128 valence electrons. The van der Waals surface area contributed by atoms with Gasteiger partial charge in [-0.15, -0.1) is 0 Å². The molecule has 1 atom stereocenters. The number of ether oxygens (including phenoxy) is 1. The molecular weight excluding hydrogens is 321 g/mol. The second-order valence-corrected chi connectivity index (χ2v) is 5.48. The van der Waals surface area contributed by atoms with Crippen molar-refractivity contribution >= 4 is 5.97 Å². The van der Waals surface area contributed by atoms with Crippen LogP contribution < -0.4 is 4.74 Å². The average molecular weight is 338 g/mol. The maximum absolute atomic E-state index is 13.0. The summed E-state index contributed by atoms with van der Waals surface area (Å²) in [5, 5.41) is 8.67. The second kappa shape index (κ2) is 7.38. The Morgan fingerprint density at radius 3 is 2.29 bits per heavy atom. The zero-order valence-corrected chi connectivity index (χ0v) is 13.0. The molecule has 1 unspecified atom stereocenters. The number of aliphatic carboxylic acids is 1. The summed E-state index contributed by atoms with van der Waals surface area (Å²) in [6, 6.07) is 13.0. The molecule has 0 amide bonds. The summed E-state index contributed by atoms with van der Waals surface area (Å²) in [4.78, 5) is 10.7. The lowest BCUT2D eigenvalue weighted by atomic mass is 9.95. The molecule has 6 heteroatoms. The largest absolute Gasteiger partial charge is 0.489 e. The Hall–Kier alpha value is -2.50. The lowest BCUT2D eigenvalue weighted by molar-refractivity contribution is -0.163. The van der Waals surface area contributed by atoms with E-state index in [1.54, 1.807) is 0 Å². The number of hydrogen-bond donors (Lipinski definition) is 1. The number of aryl methyl sites for hydroxylation is 1. The molecule has 24 heavy (non-hydrogen) atoms. The van der Waals surface area contributed by atoms with Crippen molar-refractivity contribution in [2.75, 3.05) is 0 Å². The summed E-state index contributed by atoms with van der Waals surface area (Å²) in [7, 11) is 0. The molecular formula is C18H17F3O3. The minimum Gasteiger partial charge on any atom is -0.489 e. The highest BCUT2D eigenvalue weighted by atomic mass is 19.4. The van der Waals surface area contributed by atoms with E-state index in [0.717, 1.165) is 11.1 Å². The van der Waals surface area contributed by atoms with Crippen molar-refractivity contribution in [1.29, 1.82) is 0 Å². The van der Waals surface area contributed by atoms with Gasteiger partial charge in [-0.25, -0.2) is 0 Å². The Bertz CT molecular complexity index is 693. The molecule has 0 heterocycles. The Morgan fingerprint density at radius 1 is 1.12 bits per heavy atom. The van der Waals surface area contributed by atoms with Gasteiger partial charge in [0, 0.05) is 0 Å². The molecule has 2 aromatic rings. The monoisotopic (exact) mass is 338 g/mol. The number of rotatable bonds is 6. The third kappa shape index (κ3) is 4.75. The fourth-order valence-electron chi connectivity index (χ4n) is 2.33. The number of halogens is 3. The van der Waals surface area contributed by atoms with E-state index >= 15 is 0 Å². The van der Waals surface area contributed by atoms with Crippen LogP contribution in [0.5, 0.6) is 5.75 Å². The van der Waals surface area contributed by atoms with E-state index in [9.17, 15) is 18.0 Å². The third-order valence-corrected chi connectivity index (χ3v) is 3.71. The van der Waals surface area contributed by atoms with Crippen LogP contribution >= 0.6 is 0 Å². The molecule has 0 fully saturated rings. The summed E-state index contributed by atoms with van der Waals surface area (Å²) in [6.07, 6.45) is -5.60. The van der Waals surface area contributed by atoms with Gasteiger partial charge in [-0.05, 0) is 35.7 Å². The van der Waals surface area contributed by atoms with Crippen LogP contribution in [-0.4, -0.2) is 17.3 Å². The van der Waals surface area contributed by atoms with Crippen LogP contribution in [-0.2, 0) is 11.4 Å². The van der Waals surface area contributed by atoms with Crippen molar-refractivity contribution in [2.24, 2.45) is 0 Å². The van der Waals surface area contributed by atoms with Crippen LogP contribution in [0, 0.1) is 6.92 Å². The van der Waals surface area contributed by atoms with Gasteiger partial charge in [-0.2, -0.15) is 13.2 Å². The standard InChI is InChI=1S/C18H17F3O3/c1-12-4-2-3-5-14(12)11-24-15-8-6-13(7-9-15)16(10-17(22)23)18(19,20)21/h2-9,16H,10-11H2,1H3,(H,22,23). The number of hydrogen-bond acceptors (Lipinski definition) is 2. The Kier molecular flexibility index (Phi) is 5.49. The van der Waals surface area contributed by atoms with Crippen molar-refractivity contribution in [2.45, 2.75) is 32.0 Å². The molecule has 0 aliphatic carbocycles. The zero-order valence-electron chi connectivity index (χ0n) is 13.0. The van der Waals surface area contributed by atoms with E-state index in [1.807, 2.05) is 31.2 Å². The number of carbonyl (C=O) groups is 1. The topological polar surface area (TPSA) is 46.5 Å². The van der Waals surface area contributed by atoms with Gasteiger partial charge in [0.1, 0.15) is 12.4 Å². The van der Waals surface area contributed by atoms with Gasteiger partial charge in [0.2, 0.25) is 0 Å². The Labute approximate surface area is 137 Å². The van der Waals surface area contributed by atoms with Crippen molar-refractivity contribution in [1.82, 2.24) is 0 Å². The fourth-order valence-corrected chi connectivity index (χ4v) is 2.33.